The maximum absolute atomic E-state index is 14.7. The number of likely N-dealkylation sites (tertiary alicyclic amines) is 1. The topological polar surface area (TPSA) is 135 Å². The fourth-order valence-electron chi connectivity index (χ4n) is 6.77. The number of rotatable bonds is 5. The number of nitrogens with zero attached hydrogens (tertiary/aromatic N) is 2. The number of anilines is 1. The highest BCUT2D eigenvalue weighted by Gasteiger charge is 2.75. The molecule has 12 heteroatoms. The number of aliphatic hydroxyl groups is 1. The second-order valence-electron chi connectivity index (χ2n) is 11.4. The molecule has 2 aromatic rings. The largest absolute Gasteiger partial charge is 0.497 e. The minimum atomic E-state index is -1.48. The van der Waals surface area contributed by atoms with E-state index < -0.39 is 53.5 Å². The fraction of sp³-hybridized carbons (Fsp3) is 0.394. The number of aliphatic hydroxyl groups excluding tert-OH is 1. The molecule has 236 valence electrons. The lowest BCUT2D eigenvalue weighted by molar-refractivity contribution is -0.159. The van der Waals surface area contributed by atoms with Crippen molar-refractivity contribution in [2.45, 2.75) is 36.7 Å². The van der Waals surface area contributed by atoms with Crippen LogP contribution in [0.2, 0.25) is 0 Å². The summed E-state index contributed by atoms with van der Waals surface area (Å²) in [4.78, 5) is 58.5. The van der Waals surface area contributed by atoms with Gasteiger partial charge in [0.25, 0.3) is 5.91 Å². The molecule has 3 amide bonds. The number of benzene rings is 2. The van der Waals surface area contributed by atoms with Gasteiger partial charge in [0, 0.05) is 29.7 Å². The lowest BCUT2D eigenvalue weighted by Gasteiger charge is -2.35. The number of β-amino-alcohol motifs (C(OH)–C–C–N with tert-alkyl or cyclic N) is 1. The van der Waals surface area contributed by atoms with Gasteiger partial charge in [0.05, 0.1) is 26.2 Å². The van der Waals surface area contributed by atoms with Crippen molar-refractivity contribution in [3.8, 4) is 5.75 Å². The van der Waals surface area contributed by atoms with Gasteiger partial charge in [-0.25, -0.2) is 0 Å². The minimum absolute atomic E-state index is 0.0420. The predicted octanol–water partition coefficient (Wildman–Crippen LogP) is 2.64. The van der Waals surface area contributed by atoms with Gasteiger partial charge in [0.1, 0.15) is 35.5 Å². The Morgan fingerprint density at radius 2 is 1.80 bits per heavy atom. The highest BCUT2D eigenvalue weighted by Crippen LogP contribution is 2.59. The molecule has 2 aromatic carbocycles. The summed E-state index contributed by atoms with van der Waals surface area (Å²) in [6.07, 6.45) is 4.29. The highest BCUT2D eigenvalue weighted by molar-refractivity contribution is 9.11. The molecule has 5 bridgehead atoms. The van der Waals surface area contributed by atoms with Crippen LogP contribution in [0.5, 0.6) is 5.75 Å². The van der Waals surface area contributed by atoms with Gasteiger partial charge in [-0.3, -0.25) is 19.2 Å². The number of esters is 1. The van der Waals surface area contributed by atoms with Crippen LogP contribution >= 0.6 is 15.9 Å². The van der Waals surface area contributed by atoms with Gasteiger partial charge in [-0.15, -0.1) is 0 Å². The molecule has 2 fully saturated rings. The van der Waals surface area contributed by atoms with Crippen LogP contribution in [0.25, 0.3) is 0 Å². The summed E-state index contributed by atoms with van der Waals surface area (Å²) in [5, 5.41) is 12.9. The molecule has 6 atom stereocenters. The van der Waals surface area contributed by atoms with Crippen molar-refractivity contribution >= 4 is 45.3 Å². The van der Waals surface area contributed by atoms with Crippen molar-refractivity contribution < 1.29 is 38.5 Å². The van der Waals surface area contributed by atoms with E-state index in [2.05, 4.69) is 21.2 Å². The number of carbonyl (C=O) groups excluding carboxylic acids is 4. The number of halogens is 1. The number of methoxy groups -OCH3 is 1. The molecule has 4 heterocycles. The molecule has 4 aliphatic rings. The van der Waals surface area contributed by atoms with Crippen LogP contribution in [0.15, 0.2) is 77.3 Å². The van der Waals surface area contributed by atoms with Crippen molar-refractivity contribution in [3.63, 3.8) is 0 Å². The smallest absolute Gasteiger partial charge is 0.313 e. The van der Waals surface area contributed by atoms with Crippen LogP contribution in [-0.4, -0.2) is 84.8 Å². The van der Waals surface area contributed by atoms with E-state index >= 15 is 0 Å². The molecule has 45 heavy (non-hydrogen) atoms. The van der Waals surface area contributed by atoms with Crippen molar-refractivity contribution in [1.29, 1.82) is 0 Å². The average Bonchev–Trinajstić information content (AvgIpc) is 3.64. The molecule has 0 unspecified atom stereocenters. The normalized spacial score (nSPS) is 30.9. The Hall–Kier alpha value is -4.00. The van der Waals surface area contributed by atoms with Gasteiger partial charge >= 0.3 is 5.97 Å². The van der Waals surface area contributed by atoms with E-state index in [1.807, 2.05) is 24.3 Å². The Labute approximate surface area is 268 Å². The summed E-state index contributed by atoms with van der Waals surface area (Å²) in [6.45, 7) is -0.332. The number of nitrogens with one attached hydrogen (secondary N) is 1. The second kappa shape index (κ2) is 12.8. The summed E-state index contributed by atoms with van der Waals surface area (Å²) >= 11 is 3.54. The van der Waals surface area contributed by atoms with E-state index in [1.54, 1.807) is 55.7 Å². The van der Waals surface area contributed by atoms with E-state index in [-0.39, 0.29) is 38.6 Å². The van der Waals surface area contributed by atoms with E-state index in [0.29, 0.717) is 27.9 Å². The third-order valence-electron chi connectivity index (χ3n) is 8.83. The lowest BCUT2D eigenvalue weighted by Crippen LogP contribution is -2.56. The number of ether oxygens (including phenoxy) is 3. The van der Waals surface area contributed by atoms with Crippen LogP contribution in [0.4, 0.5) is 5.69 Å². The molecule has 1 spiro atoms. The first kappa shape index (κ1) is 31.0. The maximum atomic E-state index is 14.7. The van der Waals surface area contributed by atoms with Crippen molar-refractivity contribution in [1.82, 2.24) is 10.2 Å². The Morgan fingerprint density at radius 1 is 1.04 bits per heavy atom. The third kappa shape index (κ3) is 5.55. The first-order chi connectivity index (χ1) is 21.8. The number of cyclic esters (lactones) is 1. The Bertz CT molecular complexity index is 1530. The Morgan fingerprint density at radius 3 is 2.51 bits per heavy atom. The minimum Gasteiger partial charge on any atom is -0.497 e. The van der Waals surface area contributed by atoms with E-state index in [4.69, 9.17) is 14.2 Å². The molecule has 2 saturated heterocycles. The summed E-state index contributed by atoms with van der Waals surface area (Å²) in [5.41, 5.74) is -0.246. The lowest BCUT2D eigenvalue weighted by atomic mass is 9.74. The van der Waals surface area contributed by atoms with Gasteiger partial charge in [0.2, 0.25) is 11.8 Å². The van der Waals surface area contributed by atoms with Crippen LogP contribution in [0.1, 0.15) is 24.5 Å². The molecule has 0 radical (unpaired) electrons. The number of amides is 3. The van der Waals surface area contributed by atoms with Crippen LogP contribution in [0, 0.1) is 11.8 Å². The zero-order valence-electron chi connectivity index (χ0n) is 24.6. The number of fused-ring (bicyclic) bond motifs is 2. The zero-order chi connectivity index (χ0) is 31.7. The quantitative estimate of drug-likeness (QED) is 0.364. The third-order valence-corrected chi connectivity index (χ3v) is 9.51. The summed E-state index contributed by atoms with van der Waals surface area (Å²) in [6, 6.07) is 14.8. The summed E-state index contributed by atoms with van der Waals surface area (Å²) < 4.78 is 18.4. The number of hydrogen-bond acceptors (Lipinski definition) is 8. The van der Waals surface area contributed by atoms with E-state index in [9.17, 15) is 24.3 Å². The van der Waals surface area contributed by atoms with Crippen LogP contribution in [0.3, 0.4) is 0 Å². The monoisotopic (exact) mass is 679 g/mol. The molecule has 0 saturated carbocycles. The van der Waals surface area contributed by atoms with Crippen molar-refractivity contribution in [2.75, 3.05) is 38.3 Å². The van der Waals surface area contributed by atoms with Crippen molar-refractivity contribution in [2.24, 2.45) is 11.8 Å². The number of carbonyl (C=O) groups is 4. The predicted molar refractivity (Wildman–Crippen MR) is 166 cm³/mol. The van der Waals surface area contributed by atoms with Crippen LogP contribution < -0.4 is 15.0 Å². The molecule has 11 nitrogen and oxygen atoms in total. The second-order valence-corrected chi connectivity index (χ2v) is 12.3. The number of allylic oxidation sites excluding steroid dienone is 1. The molecule has 2 N–H and O–H groups in total. The Balaban J connectivity index is 1.44. The van der Waals surface area contributed by atoms with E-state index in [0.717, 1.165) is 0 Å². The van der Waals surface area contributed by atoms with Gasteiger partial charge in [-0.2, -0.15) is 0 Å². The SMILES string of the molecule is COc1ccc(N2C/C=C\CCC(=O)NC[C@@H](c3ccccc3)OC(=O)[C@@H]3[C@H]4O[C@@]5(C=C4Br)[C@H](C2=O)N(CCO)C(=O)[C@@H]35)cc1. The first-order valence-corrected chi connectivity index (χ1v) is 15.7. The standard InChI is InChI=1S/C33H34BrN3O8/c1-43-22-13-11-21(12-14-22)36-15-7-3-6-10-25(39)35-19-24(20-8-4-2-5-9-20)44-32(42)26-27-30(40)37(16-17-38)29(31(36)41)33(27)18-23(34)28(26)45-33/h2-5,7-9,11-14,18,24,26-29,38H,6,10,15-17,19H2,1H3,(H,35,39)/b7-3-/t24-,26-,27+,28-,29-,33+/m0/s1. The Kier molecular flexibility index (Phi) is 8.80. The molecule has 4 aliphatic heterocycles. The van der Waals surface area contributed by atoms with Gasteiger partial charge in [-0.05, 0) is 42.3 Å². The first-order valence-electron chi connectivity index (χ1n) is 14.9. The van der Waals surface area contributed by atoms with Gasteiger partial charge < -0.3 is 34.4 Å². The van der Waals surface area contributed by atoms with Gasteiger partial charge in [-0.1, -0.05) is 58.4 Å². The molecular weight excluding hydrogens is 646 g/mol. The fourth-order valence-corrected chi connectivity index (χ4v) is 7.50. The summed E-state index contributed by atoms with van der Waals surface area (Å²) in [5.74, 6) is -3.33. The highest BCUT2D eigenvalue weighted by atomic mass is 79.9. The summed E-state index contributed by atoms with van der Waals surface area (Å²) in [7, 11) is 1.55. The van der Waals surface area contributed by atoms with Crippen LogP contribution in [-0.2, 0) is 28.7 Å². The van der Waals surface area contributed by atoms with Crippen molar-refractivity contribution in [3.05, 3.63) is 82.9 Å². The molecule has 0 aromatic heterocycles. The molecular formula is C33H34BrN3O8. The van der Waals surface area contributed by atoms with E-state index in [1.165, 1.54) is 9.80 Å². The number of hydrogen-bond donors (Lipinski definition) is 2. The van der Waals surface area contributed by atoms with Gasteiger partial charge in [0.15, 0.2) is 0 Å². The maximum Gasteiger partial charge on any atom is 0.313 e. The molecule has 6 rings (SSSR count). The average molecular weight is 681 g/mol. The molecule has 0 aliphatic carbocycles. The zero-order valence-corrected chi connectivity index (χ0v) is 26.2.